The topological polar surface area (TPSA) is 51.6 Å². The van der Waals surface area contributed by atoms with Crippen LogP contribution in [0, 0.1) is 0 Å². The van der Waals surface area contributed by atoms with Gasteiger partial charge in [-0.1, -0.05) is 30.3 Å². The number of aliphatic hydroxyl groups excluding tert-OH is 1. The largest absolute Gasteiger partial charge is 0.497 e. The van der Waals surface area contributed by atoms with Crippen molar-refractivity contribution in [1.29, 1.82) is 0 Å². The van der Waals surface area contributed by atoms with Gasteiger partial charge in [-0.05, 0) is 17.7 Å². The average Bonchev–Trinajstić information content (AvgIpc) is 3.16. The Morgan fingerprint density at radius 2 is 1.92 bits per heavy atom. The monoisotopic (exact) mass is 387 g/mol. The third kappa shape index (κ3) is 4.58. The van der Waals surface area contributed by atoms with Crippen LogP contribution in [0.1, 0.15) is 17.4 Å². The molecule has 0 aliphatic rings. The molecule has 3 rings (SSSR count). The summed E-state index contributed by atoms with van der Waals surface area (Å²) in [7, 11) is 3.28. The summed E-state index contributed by atoms with van der Waals surface area (Å²) in [5.74, 6) is 2.91. The van der Waals surface area contributed by atoms with Crippen LogP contribution in [0.5, 0.6) is 11.5 Å². The fourth-order valence-corrected chi connectivity index (χ4v) is 4.36. The highest BCUT2D eigenvalue weighted by atomic mass is 32.2. The molecule has 0 saturated carbocycles. The smallest absolute Gasteiger partial charge is 0.132 e. The molecule has 0 amide bonds. The fraction of sp³-hybridized carbons (Fsp3) is 0.250. The zero-order valence-electron chi connectivity index (χ0n) is 14.7. The van der Waals surface area contributed by atoms with Gasteiger partial charge >= 0.3 is 0 Å². The first kappa shape index (κ1) is 18.8. The van der Waals surface area contributed by atoms with Crippen molar-refractivity contribution in [2.24, 2.45) is 0 Å². The van der Waals surface area contributed by atoms with Gasteiger partial charge in [0.05, 0.1) is 31.6 Å². The maximum Gasteiger partial charge on any atom is 0.132 e. The van der Waals surface area contributed by atoms with E-state index in [-0.39, 0.29) is 0 Å². The van der Waals surface area contributed by atoms with E-state index in [0.717, 1.165) is 39.1 Å². The first-order valence-corrected chi connectivity index (χ1v) is 10.2. The van der Waals surface area contributed by atoms with E-state index in [4.69, 9.17) is 14.5 Å². The number of aromatic nitrogens is 1. The lowest BCUT2D eigenvalue weighted by atomic mass is 10.1. The average molecular weight is 388 g/mol. The summed E-state index contributed by atoms with van der Waals surface area (Å²) in [6.45, 7) is 0. The number of nitrogens with zero attached hydrogens (tertiary/aromatic N) is 1. The molecule has 3 aromatic rings. The summed E-state index contributed by atoms with van der Waals surface area (Å²) in [5.41, 5.74) is 2.91. The van der Waals surface area contributed by atoms with Crippen LogP contribution in [0.2, 0.25) is 0 Å². The molecule has 26 heavy (non-hydrogen) atoms. The van der Waals surface area contributed by atoms with Gasteiger partial charge in [0.2, 0.25) is 0 Å². The van der Waals surface area contributed by atoms with Gasteiger partial charge in [0.1, 0.15) is 16.5 Å². The first-order valence-electron chi connectivity index (χ1n) is 8.19. The number of ether oxygens (including phenoxy) is 2. The summed E-state index contributed by atoms with van der Waals surface area (Å²) in [6, 6.07) is 15.5. The molecular formula is C20H21NO3S2. The number of methoxy groups -OCH3 is 2. The van der Waals surface area contributed by atoms with Crippen LogP contribution in [0.15, 0.2) is 53.9 Å². The molecule has 0 aliphatic heterocycles. The predicted molar refractivity (Wildman–Crippen MR) is 108 cm³/mol. The number of thioether (sulfide) groups is 1. The summed E-state index contributed by atoms with van der Waals surface area (Å²) in [5, 5.41) is 13.2. The molecule has 1 unspecified atom stereocenters. The maximum absolute atomic E-state index is 10.2. The van der Waals surface area contributed by atoms with E-state index in [0.29, 0.717) is 5.75 Å². The molecule has 1 aromatic heterocycles. The Morgan fingerprint density at radius 1 is 1.12 bits per heavy atom. The number of thiazole rings is 1. The van der Waals surface area contributed by atoms with E-state index >= 15 is 0 Å². The lowest BCUT2D eigenvalue weighted by Crippen LogP contribution is -2.00. The van der Waals surface area contributed by atoms with E-state index in [2.05, 4.69) is 5.38 Å². The van der Waals surface area contributed by atoms with Crippen LogP contribution in [-0.2, 0) is 5.75 Å². The summed E-state index contributed by atoms with van der Waals surface area (Å²) >= 11 is 3.27. The third-order valence-corrected chi connectivity index (χ3v) is 5.88. The van der Waals surface area contributed by atoms with Crippen LogP contribution < -0.4 is 9.47 Å². The fourth-order valence-electron chi connectivity index (χ4n) is 2.52. The van der Waals surface area contributed by atoms with Crippen molar-refractivity contribution in [3.05, 3.63) is 65.2 Å². The molecule has 0 bridgehead atoms. The second-order valence-corrected chi connectivity index (χ2v) is 7.54. The van der Waals surface area contributed by atoms with E-state index in [1.54, 1.807) is 37.3 Å². The molecule has 1 heterocycles. The number of aliphatic hydroxyl groups is 1. The molecule has 0 saturated heterocycles. The highest BCUT2D eigenvalue weighted by Gasteiger charge is 2.12. The quantitative estimate of drug-likeness (QED) is 0.602. The molecule has 0 radical (unpaired) electrons. The molecule has 0 aliphatic carbocycles. The Bertz CT molecular complexity index is 836. The Morgan fingerprint density at radius 3 is 2.65 bits per heavy atom. The summed E-state index contributed by atoms with van der Waals surface area (Å²) in [4.78, 5) is 4.71. The van der Waals surface area contributed by atoms with Gasteiger partial charge in [0.15, 0.2) is 0 Å². The van der Waals surface area contributed by atoms with Crippen LogP contribution in [0.25, 0.3) is 10.6 Å². The molecule has 0 fully saturated rings. The van der Waals surface area contributed by atoms with Crippen LogP contribution in [0.4, 0.5) is 0 Å². The Balaban J connectivity index is 1.62. The van der Waals surface area contributed by atoms with Crippen LogP contribution >= 0.6 is 23.1 Å². The summed E-state index contributed by atoms with van der Waals surface area (Å²) in [6.07, 6.45) is -0.457. The second kappa shape index (κ2) is 9.07. The van der Waals surface area contributed by atoms with Crippen LogP contribution in [-0.4, -0.2) is 30.1 Å². The van der Waals surface area contributed by atoms with Gasteiger partial charge < -0.3 is 14.6 Å². The van der Waals surface area contributed by atoms with Crippen molar-refractivity contribution in [3.63, 3.8) is 0 Å². The SMILES string of the molecule is COc1ccc(-c2nc(CSCC(O)c3ccccc3)cs2)c(OC)c1. The molecule has 2 aromatic carbocycles. The minimum atomic E-state index is -0.457. The van der Waals surface area contributed by atoms with Gasteiger partial charge in [-0.15, -0.1) is 11.3 Å². The Hall–Kier alpha value is -2.02. The molecule has 1 atom stereocenters. The second-order valence-electron chi connectivity index (χ2n) is 5.65. The highest BCUT2D eigenvalue weighted by molar-refractivity contribution is 7.98. The highest BCUT2D eigenvalue weighted by Crippen LogP contribution is 2.35. The predicted octanol–water partition coefficient (Wildman–Crippen LogP) is 4.79. The zero-order chi connectivity index (χ0) is 18.4. The van der Waals surface area contributed by atoms with Gasteiger partial charge in [-0.25, -0.2) is 4.98 Å². The van der Waals surface area contributed by atoms with E-state index in [9.17, 15) is 5.11 Å². The van der Waals surface area contributed by atoms with Crippen molar-refractivity contribution in [2.75, 3.05) is 20.0 Å². The van der Waals surface area contributed by atoms with Crippen molar-refractivity contribution in [1.82, 2.24) is 4.98 Å². The van der Waals surface area contributed by atoms with Gasteiger partial charge in [-0.2, -0.15) is 11.8 Å². The van der Waals surface area contributed by atoms with Gasteiger partial charge in [0, 0.05) is 23.0 Å². The van der Waals surface area contributed by atoms with Gasteiger partial charge in [-0.3, -0.25) is 0 Å². The van der Waals surface area contributed by atoms with Crippen LogP contribution in [0.3, 0.4) is 0 Å². The number of rotatable bonds is 8. The van der Waals surface area contributed by atoms with E-state index in [1.807, 2.05) is 48.5 Å². The van der Waals surface area contributed by atoms with Crippen molar-refractivity contribution in [2.45, 2.75) is 11.9 Å². The lowest BCUT2D eigenvalue weighted by Gasteiger charge is -2.09. The van der Waals surface area contributed by atoms with Gasteiger partial charge in [0.25, 0.3) is 0 Å². The normalized spacial score (nSPS) is 12.0. The zero-order valence-corrected chi connectivity index (χ0v) is 16.3. The lowest BCUT2D eigenvalue weighted by molar-refractivity contribution is 0.204. The van der Waals surface area contributed by atoms with Crippen molar-refractivity contribution >= 4 is 23.1 Å². The molecule has 0 spiro atoms. The molecule has 6 heteroatoms. The number of hydrogen-bond donors (Lipinski definition) is 1. The number of hydrogen-bond acceptors (Lipinski definition) is 6. The van der Waals surface area contributed by atoms with E-state index < -0.39 is 6.10 Å². The van der Waals surface area contributed by atoms with E-state index in [1.165, 1.54) is 0 Å². The Kier molecular flexibility index (Phi) is 6.55. The minimum absolute atomic E-state index is 0.457. The minimum Gasteiger partial charge on any atom is -0.497 e. The molecule has 136 valence electrons. The standard InChI is InChI=1S/C20H21NO3S2/c1-23-16-8-9-17(19(10-16)24-2)20-21-15(12-26-20)11-25-13-18(22)14-6-4-3-5-7-14/h3-10,12,18,22H,11,13H2,1-2H3. The molecule has 1 N–H and O–H groups in total. The Labute approximate surface area is 161 Å². The molecular weight excluding hydrogens is 366 g/mol. The summed E-state index contributed by atoms with van der Waals surface area (Å²) < 4.78 is 10.7. The number of benzene rings is 2. The first-order chi connectivity index (χ1) is 12.7. The van der Waals surface area contributed by atoms with Crippen molar-refractivity contribution in [3.8, 4) is 22.1 Å². The van der Waals surface area contributed by atoms with Crippen molar-refractivity contribution < 1.29 is 14.6 Å². The maximum atomic E-state index is 10.2. The molecule has 4 nitrogen and oxygen atoms in total. The third-order valence-electron chi connectivity index (χ3n) is 3.90.